The number of rotatable bonds is 6. The molecule has 1 aromatic carbocycles. The van der Waals surface area contributed by atoms with Crippen molar-refractivity contribution in [2.75, 3.05) is 13.7 Å². The normalized spacial score (nSPS) is 14.2. The van der Waals surface area contributed by atoms with Gasteiger partial charge in [-0.3, -0.25) is 0 Å². The number of benzene rings is 1. The van der Waals surface area contributed by atoms with E-state index in [4.69, 9.17) is 15.2 Å². The Morgan fingerprint density at radius 3 is 1.84 bits per heavy atom. The summed E-state index contributed by atoms with van der Waals surface area (Å²) in [5.74, 6) is 0.359. The Balaban J connectivity index is 0. The van der Waals surface area contributed by atoms with Crippen LogP contribution in [0.2, 0.25) is 0 Å². The molecule has 0 amide bonds. The third kappa shape index (κ3) is 9.70. The number of methoxy groups -OCH3 is 1. The Hall–Kier alpha value is -1.27. The molecule has 0 heterocycles. The van der Waals surface area contributed by atoms with E-state index in [2.05, 4.69) is 13.8 Å². The fourth-order valence-electron chi connectivity index (χ4n) is 1.85. The van der Waals surface area contributed by atoms with Gasteiger partial charge in [0.25, 0.3) is 0 Å². The van der Waals surface area contributed by atoms with Crippen LogP contribution in [0.3, 0.4) is 0 Å². The summed E-state index contributed by atoms with van der Waals surface area (Å²) in [5, 5.41) is 0. The predicted molar refractivity (Wildman–Crippen MR) is 97.9 cm³/mol. The van der Waals surface area contributed by atoms with E-state index >= 15 is 0 Å². The zero-order valence-corrected chi connectivity index (χ0v) is 16.5. The lowest BCUT2D eigenvalue weighted by atomic mass is 9.95. The Kier molecular flexibility index (Phi) is 13.5. The number of hydrogen-bond acceptors (Lipinski definition) is 3. The van der Waals surface area contributed by atoms with Crippen molar-refractivity contribution >= 4 is 0 Å². The van der Waals surface area contributed by atoms with Gasteiger partial charge in [0.2, 0.25) is 0 Å². The second kappa shape index (κ2) is 13.0. The van der Waals surface area contributed by atoms with Crippen LogP contribution in [0.15, 0.2) is 24.3 Å². The molecule has 0 aromatic heterocycles. The van der Waals surface area contributed by atoms with E-state index in [1.807, 2.05) is 27.7 Å². The van der Waals surface area contributed by atoms with Crippen LogP contribution in [-0.2, 0) is 10.9 Å². The lowest BCUT2D eigenvalue weighted by molar-refractivity contribution is -0.137. The van der Waals surface area contributed by atoms with Crippen LogP contribution in [-0.4, -0.2) is 25.4 Å². The van der Waals surface area contributed by atoms with E-state index in [1.165, 1.54) is 18.6 Å². The molecule has 0 aliphatic heterocycles. The summed E-state index contributed by atoms with van der Waals surface area (Å²) in [6.07, 6.45) is -2.81. The second-order valence-corrected chi connectivity index (χ2v) is 5.56. The fourth-order valence-corrected chi connectivity index (χ4v) is 1.85. The summed E-state index contributed by atoms with van der Waals surface area (Å²) in [4.78, 5) is 0. The topological polar surface area (TPSA) is 44.5 Å². The highest BCUT2D eigenvalue weighted by Gasteiger charge is 2.34. The van der Waals surface area contributed by atoms with Crippen molar-refractivity contribution in [3.63, 3.8) is 0 Å². The van der Waals surface area contributed by atoms with Crippen molar-refractivity contribution in [2.45, 2.75) is 72.3 Å². The van der Waals surface area contributed by atoms with Crippen molar-refractivity contribution in [3.8, 4) is 5.75 Å². The molecule has 0 aliphatic rings. The predicted octanol–water partition coefficient (Wildman–Crippen LogP) is 5.67. The molecule has 25 heavy (non-hydrogen) atoms. The Labute approximate surface area is 150 Å². The molecular weight excluding hydrogens is 331 g/mol. The minimum atomic E-state index is -4.35. The van der Waals surface area contributed by atoms with Gasteiger partial charge in [0.05, 0.1) is 11.7 Å². The lowest BCUT2D eigenvalue weighted by Crippen LogP contribution is -2.45. The Bertz CT molecular complexity index is 435. The molecule has 2 N–H and O–H groups in total. The molecule has 0 aliphatic carbocycles. The second-order valence-electron chi connectivity index (χ2n) is 5.56. The third-order valence-corrected chi connectivity index (χ3v) is 3.39. The first kappa shape index (κ1) is 26.0. The minimum absolute atomic E-state index is 0.242. The zero-order chi connectivity index (χ0) is 20.1. The standard InChI is InChI=1S/C14H20F3NO2.C3H8.C2H6/c1-10(19-3)13(2,8-9-18)20-12-6-4-11(5-7-12)14(15,16)17;1-3-2;1-2/h4-7,10H,8-9,18H2,1-3H3;3H2,1-2H3;1-2H3. The van der Waals surface area contributed by atoms with Gasteiger partial charge in [-0.15, -0.1) is 0 Å². The highest BCUT2D eigenvalue weighted by atomic mass is 19.4. The van der Waals surface area contributed by atoms with Gasteiger partial charge in [0.15, 0.2) is 0 Å². The van der Waals surface area contributed by atoms with E-state index in [1.54, 1.807) is 7.11 Å². The maximum atomic E-state index is 12.5. The highest BCUT2D eigenvalue weighted by molar-refractivity contribution is 5.29. The van der Waals surface area contributed by atoms with Gasteiger partial charge in [0, 0.05) is 13.5 Å². The average molecular weight is 365 g/mol. The van der Waals surface area contributed by atoms with Crippen LogP contribution in [0, 0.1) is 0 Å². The summed E-state index contributed by atoms with van der Waals surface area (Å²) >= 11 is 0. The number of hydrogen-bond donors (Lipinski definition) is 1. The molecule has 1 aromatic rings. The van der Waals surface area contributed by atoms with E-state index in [0.29, 0.717) is 18.7 Å². The third-order valence-electron chi connectivity index (χ3n) is 3.39. The molecule has 0 spiro atoms. The number of alkyl halides is 3. The summed E-state index contributed by atoms with van der Waals surface area (Å²) in [6, 6.07) is 4.60. The molecule has 2 unspecified atom stereocenters. The molecule has 2 atom stereocenters. The summed E-state index contributed by atoms with van der Waals surface area (Å²) < 4.78 is 48.5. The Morgan fingerprint density at radius 2 is 1.52 bits per heavy atom. The van der Waals surface area contributed by atoms with Gasteiger partial charge in [-0.1, -0.05) is 34.1 Å². The number of nitrogens with two attached hydrogens (primary N) is 1. The summed E-state index contributed by atoms with van der Waals surface area (Å²) in [7, 11) is 1.55. The molecule has 6 heteroatoms. The van der Waals surface area contributed by atoms with Crippen molar-refractivity contribution in [1.82, 2.24) is 0 Å². The SMILES string of the molecule is CC.CCC.COC(C)C(C)(CCN)Oc1ccc(C(F)(F)F)cc1. The molecule has 0 fully saturated rings. The maximum absolute atomic E-state index is 12.5. The molecule has 3 nitrogen and oxygen atoms in total. The van der Waals surface area contributed by atoms with Gasteiger partial charge in [0.1, 0.15) is 11.4 Å². The fraction of sp³-hybridized carbons (Fsp3) is 0.684. The molecule has 0 saturated heterocycles. The molecule has 148 valence electrons. The minimum Gasteiger partial charge on any atom is -0.485 e. The lowest BCUT2D eigenvalue weighted by Gasteiger charge is -2.35. The van der Waals surface area contributed by atoms with Crippen LogP contribution < -0.4 is 10.5 Å². The van der Waals surface area contributed by atoms with E-state index in [9.17, 15) is 13.2 Å². The first-order chi connectivity index (χ1) is 11.6. The Morgan fingerprint density at radius 1 is 1.08 bits per heavy atom. The molecular formula is C19H34F3NO2. The van der Waals surface area contributed by atoms with Crippen molar-refractivity contribution in [2.24, 2.45) is 5.73 Å². The maximum Gasteiger partial charge on any atom is 0.416 e. The quantitative estimate of drug-likeness (QED) is 0.706. The van der Waals surface area contributed by atoms with Crippen LogP contribution in [0.1, 0.15) is 59.9 Å². The number of halogens is 3. The van der Waals surface area contributed by atoms with Crippen molar-refractivity contribution in [3.05, 3.63) is 29.8 Å². The van der Waals surface area contributed by atoms with E-state index in [0.717, 1.165) is 12.1 Å². The van der Waals surface area contributed by atoms with E-state index in [-0.39, 0.29) is 6.10 Å². The van der Waals surface area contributed by atoms with E-state index < -0.39 is 17.3 Å². The van der Waals surface area contributed by atoms with Crippen molar-refractivity contribution < 1.29 is 22.6 Å². The zero-order valence-electron chi connectivity index (χ0n) is 16.5. The largest absolute Gasteiger partial charge is 0.485 e. The summed E-state index contributed by atoms with van der Waals surface area (Å²) in [6.45, 7) is 12.3. The molecule has 0 saturated carbocycles. The smallest absolute Gasteiger partial charge is 0.416 e. The van der Waals surface area contributed by atoms with Crippen LogP contribution >= 0.6 is 0 Å². The van der Waals surface area contributed by atoms with Gasteiger partial charge >= 0.3 is 6.18 Å². The number of ether oxygens (including phenoxy) is 2. The monoisotopic (exact) mass is 365 g/mol. The van der Waals surface area contributed by atoms with Crippen molar-refractivity contribution in [1.29, 1.82) is 0 Å². The molecule has 0 bridgehead atoms. The van der Waals surface area contributed by atoms with Gasteiger partial charge in [-0.2, -0.15) is 13.2 Å². The highest BCUT2D eigenvalue weighted by Crippen LogP contribution is 2.32. The molecule has 1 rings (SSSR count). The first-order valence-electron chi connectivity index (χ1n) is 8.73. The average Bonchev–Trinajstić information content (AvgIpc) is 2.56. The van der Waals surface area contributed by atoms with Gasteiger partial charge < -0.3 is 15.2 Å². The van der Waals surface area contributed by atoms with Crippen LogP contribution in [0.25, 0.3) is 0 Å². The first-order valence-corrected chi connectivity index (χ1v) is 8.73. The summed E-state index contributed by atoms with van der Waals surface area (Å²) in [5.41, 5.74) is 4.16. The van der Waals surface area contributed by atoms with Crippen LogP contribution in [0.4, 0.5) is 13.2 Å². The van der Waals surface area contributed by atoms with Gasteiger partial charge in [-0.05, 0) is 44.7 Å². The van der Waals surface area contributed by atoms with Crippen LogP contribution in [0.5, 0.6) is 5.75 Å². The molecule has 0 radical (unpaired) electrons. The van der Waals surface area contributed by atoms with Gasteiger partial charge in [-0.25, -0.2) is 0 Å².